The third kappa shape index (κ3) is 2.93. The van der Waals surface area contributed by atoms with Crippen LogP contribution >= 0.6 is 15.9 Å². The van der Waals surface area contributed by atoms with Crippen LogP contribution in [0.25, 0.3) is 0 Å². The van der Waals surface area contributed by atoms with Crippen molar-refractivity contribution in [1.29, 1.82) is 0 Å². The van der Waals surface area contributed by atoms with Gasteiger partial charge in [-0.1, -0.05) is 13.0 Å². The van der Waals surface area contributed by atoms with Gasteiger partial charge in [0.25, 0.3) is 0 Å². The molecule has 2 unspecified atom stereocenters. The number of hydrogen-bond acceptors (Lipinski definition) is 2. The smallest absolute Gasteiger partial charge is 0.230 e. The predicted molar refractivity (Wildman–Crippen MR) is 75.6 cm³/mol. The van der Waals surface area contributed by atoms with Crippen LogP contribution in [-0.4, -0.2) is 18.6 Å². The average Bonchev–Trinajstić information content (AvgIpc) is 2.82. The molecule has 1 fully saturated rings. The molecule has 1 aliphatic rings. The molecule has 2 atom stereocenters. The van der Waals surface area contributed by atoms with E-state index in [1.54, 1.807) is 0 Å². The number of aryl methyl sites for hydroxylation is 1. The third-order valence-electron chi connectivity index (χ3n) is 3.33. The first-order valence-corrected chi connectivity index (χ1v) is 7.09. The number of hydrogen-bond donors (Lipinski definition) is 1. The Hall–Kier alpha value is -0.870. The average molecular weight is 312 g/mol. The van der Waals surface area contributed by atoms with Crippen LogP contribution in [0.3, 0.4) is 0 Å². The van der Waals surface area contributed by atoms with E-state index in [-0.39, 0.29) is 17.9 Å². The van der Waals surface area contributed by atoms with Crippen LogP contribution in [0.4, 0.5) is 5.69 Å². The maximum atomic E-state index is 12.2. The summed E-state index contributed by atoms with van der Waals surface area (Å²) in [5.74, 6) is 0.0352. The van der Waals surface area contributed by atoms with Gasteiger partial charge in [-0.05, 0) is 53.4 Å². The van der Waals surface area contributed by atoms with Crippen LogP contribution in [0.5, 0.6) is 0 Å². The van der Waals surface area contributed by atoms with Gasteiger partial charge in [0.15, 0.2) is 0 Å². The molecule has 2 rings (SSSR count). The number of carbonyl (C=O) groups is 1. The summed E-state index contributed by atoms with van der Waals surface area (Å²) in [5, 5.41) is 2.99. The van der Waals surface area contributed by atoms with Gasteiger partial charge in [-0.2, -0.15) is 0 Å². The normalized spacial score (nSPS) is 23.1. The monoisotopic (exact) mass is 311 g/mol. The Morgan fingerprint density at radius 1 is 1.56 bits per heavy atom. The molecular formula is C14H18BrNO2. The molecule has 0 radical (unpaired) electrons. The van der Waals surface area contributed by atoms with E-state index in [9.17, 15) is 4.79 Å². The van der Waals surface area contributed by atoms with Crippen LogP contribution in [0.1, 0.15) is 25.3 Å². The third-order valence-corrected chi connectivity index (χ3v) is 4.02. The molecule has 3 nitrogen and oxygen atoms in total. The molecule has 1 aromatic rings. The van der Waals surface area contributed by atoms with E-state index in [4.69, 9.17) is 4.74 Å². The molecule has 4 heteroatoms. The number of amides is 1. The highest BCUT2D eigenvalue weighted by atomic mass is 79.9. The van der Waals surface area contributed by atoms with Crippen LogP contribution in [0, 0.1) is 12.8 Å². The minimum Gasteiger partial charge on any atom is -0.377 e. The van der Waals surface area contributed by atoms with Gasteiger partial charge in [-0.3, -0.25) is 4.79 Å². The topological polar surface area (TPSA) is 38.3 Å². The zero-order chi connectivity index (χ0) is 13.1. The SMILES string of the molecule is CCC1OCCC1C(=O)Nc1cc(C)ccc1Br. The summed E-state index contributed by atoms with van der Waals surface area (Å²) in [5.41, 5.74) is 1.96. The van der Waals surface area contributed by atoms with Crippen LogP contribution in [0.2, 0.25) is 0 Å². The molecular weight excluding hydrogens is 294 g/mol. The van der Waals surface area contributed by atoms with Crippen LogP contribution < -0.4 is 5.32 Å². The summed E-state index contributed by atoms with van der Waals surface area (Å²) in [4.78, 5) is 12.2. The lowest BCUT2D eigenvalue weighted by atomic mass is 9.98. The largest absolute Gasteiger partial charge is 0.377 e. The van der Waals surface area contributed by atoms with E-state index in [0.29, 0.717) is 6.61 Å². The highest BCUT2D eigenvalue weighted by molar-refractivity contribution is 9.10. The van der Waals surface area contributed by atoms with Gasteiger partial charge in [-0.25, -0.2) is 0 Å². The number of carbonyl (C=O) groups excluding carboxylic acids is 1. The second-order valence-electron chi connectivity index (χ2n) is 4.69. The molecule has 1 N–H and O–H groups in total. The molecule has 0 aliphatic carbocycles. The molecule has 98 valence electrons. The molecule has 18 heavy (non-hydrogen) atoms. The maximum absolute atomic E-state index is 12.2. The van der Waals surface area contributed by atoms with E-state index in [1.165, 1.54) is 0 Å². The minimum atomic E-state index is -0.0255. The second-order valence-corrected chi connectivity index (χ2v) is 5.54. The molecule has 0 spiro atoms. The zero-order valence-corrected chi connectivity index (χ0v) is 12.3. The Bertz CT molecular complexity index is 447. The van der Waals surface area contributed by atoms with Crippen molar-refractivity contribution >= 4 is 27.5 Å². The predicted octanol–water partition coefficient (Wildman–Crippen LogP) is 3.51. The first-order chi connectivity index (χ1) is 8.61. The van der Waals surface area contributed by atoms with Gasteiger partial charge in [0.1, 0.15) is 0 Å². The molecule has 1 saturated heterocycles. The number of benzene rings is 1. The molecule has 0 bridgehead atoms. The molecule has 0 saturated carbocycles. The fourth-order valence-electron chi connectivity index (χ4n) is 2.31. The van der Waals surface area contributed by atoms with Gasteiger partial charge in [0, 0.05) is 11.1 Å². The Kier molecular flexibility index (Phi) is 4.40. The summed E-state index contributed by atoms with van der Waals surface area (Å²) < 4.78 is 6.47. The van der Waals surface area contributed by atoms with Crippen molar-refractivity contribution in [3.8, 4) is 0 Å². The minimum absolute atomic E-state index is 0.0255. The number of rotatable bonds is 3. The van der Waals surface area contributed by atoms with E-state index < -0.39 is 0 Å². The van der Waals surface area contributed by atoms with Crippen molar-refractivity contribution in [1.82, 2.24) is 0 Å². The Balaban J connectivity index is 2.09. The summed E-state index contributed by atoms with van der Waals surface area (Å²) in [6.45, 7) is 4.75. The zero-order valence-electron chi connectivity index (χ0n) is 10.7. The lowest BCUT2D eigenvalue weighted by Crippen LogP contribution is -2.29. The number of ether oxygens (including phenoxy) is 1. The van der Waals surface area contributed by atoms with Crippen LogP contribution in [0.15, 0.2) is 22.7 Å². The lowest BCUT2D eigenvalue weighted by Gasteiger charge is -2.17. The van der Waals surface area contributed by atoms with Crippen molar-refractivity contribution in [2.45, 2.75) is 32.8 Å². The first-order valence-electron chi connectivity index (χ1n) is 6.30. The van der Waals surface area contributed by atoms with Crippen molar-refractivity contribution in [3.63, 3.8) is 0 Å². The van der Waals surface area contributed by atoms with Gasteiger partial charge in [0.05, 0.1) is 17.7 Å². The molecule has 1 heterocycles. The molecule has 1 aliphatic heterocycles. The Morgan fingerprint density at radius 3 is 3.06 bits per heavy atom. The summed E-state index contributed by atoms with van der Waals surface area (Å²) >= 11 is 3.45. The maximum Gasteiger partial charge on any atom is 0.230 e. The summed E-state index contributed by atoms with van der Waals surface area (Å²) in [6.07, 6.45) is 1.76. The van der Waals surface area contributed by atoms with Gasteiger partial charge >= 0.3 is 0 Å². The van der Waals surface area contributed by atoms with E-state index in [0.717, 1.165) is 28.6 Å². The molecule has 1 amide bonds. The van der Waals surface area contributed by atoms with Crippen molar-refractivity contribution in [3.05, 3.63) is 28.2 Å². The molecule has 0 aromatic heterocycles. The highest BCUT2D eigenvalue weighted by Gasteiger charge is 2.32. The van der Waals surface area contributed by atoms with Gasteiger partial charge < -0.3 is 10.1 Å². The lowest BCUT2D eigenvalue weighted by molar-refractivity contribution is -0.121. The first kappa shape index (κ1) is 13.6. The number of anilines is 1. The second kappa shape index (κ2) is 5.85. The van der Waals surface area contributed by atoms with Gasteiger partial charge in [-0.15, -0.1) is 0 Å². The number of nitrogens with one attached hydrogen (secondary N) is 1. The standard InChI is InChI=1S/C14H18BrNO2/c1-3-13-10(6-7-18-13)14(17)16-12-8-9(2)4-5-11(12)15/h4-5,8,10,13H,3,6-7H2,1-2H3,(H,16,17). The Morgan fingerprint density at radius 2 is 2.33 bits per heavy atom. The van der Waals surface area contributed by atoms with Gasteiger partial charge in [0.2, 0.25) is 5.91 Å². The Labute approximate surface area is 116 Å². The van der Waals surface area contributed by atoms with E-state index in [1.807, 2.05) is 25.1 Å². The fourth-order valence-corrected chi connectivity index (χ4v) is 2.66. The highest BCUT2D eigenvalue weighted by Crippen LogP contribution is 2.28. The fraction of sp³-hybridized carbons (Fsp3) is 0.500. The van der Waals surface area contributed by atoms with Crippen molar-refractivity contribution in [2.75, 3.05) is 11.9 Å². The summed E-state index contributed by atoms with van der Waals surface area (Å²) in [7, 11) is 0. The summed E-state index contributed by atoms with van der Waals surface area (Å²) in [6, 6.07) is 5.93. The van der Waals surface area contributed by atoms with Crippen molar-refractivity contribution < 1.29 is 9.53 Å². The number of halogens is 1. The van der Waals surface area contributed by atoms with E-state index >= 15 is 0 Å². The van der Waals surface area contributed by atoms with Crippen molar-refractivity contribution in [2.24, 2.45) is 5.92 Å². The van der Waals surface area contributed by atoms with Crippen LogP contribution in [-0.2, 0) is 9.53 Å². The quantitative estimate of drug-likeness (QED) is 0.927. The van der Waals surface area contributed by atoms with E-state index in [2.05, 4.69) is 28.2 Å². The molecule has 1 aromatic carbocycles.